The largest absolute Gasteiger partial charge is 0.481 e. The third-order valence-electron chi connectivity index (χ3n) is 9.49. The first-order valence-corrected chi connectivity index (χ1v) is 16.5. The number of nitrogens with one attached hydrogen (secondary N) is 2. The zero-order chi connectivity index (χ0) is 34.4. The summed E-state index contributed by atoms with van der Waals surface area (Å²) < 4.78 is 5.69. The Balaban J connectivity index is 1.29. The van der Waals surface area contributed by atoms with Gasteiger partial charge in [-0.2, -0.15) is 0 Å². The summed E-state index contributed by atoms with van der Waals surface area (Å²) in [7, 11) is 0. The van der Waals surface area contributed by atoms with Crippen molar-refractivity contribution in [2.45, 2.75) is 71.4 Å². The Bertz CT molecular complexity index is 1650. The minimum absolute atomic E-state index is 0.0734. The number of carboxylic acids is 1. The Morgan fingerprint density at radius 1 is 0.979 bits per heavy atom. The Morgan fingerprint density at radius 2 is 1.71 bits per heavy atom. The van der Waals surface area contributed by atoms with Gasteiger partial charge in [-0.15, -0.1) is 0 Å². The molecule has 48 heavy (non-hydrogen) atoms. The van der Waals surface area contributed by atoms with Crippen LogP contribution in [0.4, 0.5) is 4.79 Å². The molecule has 3 aromatic rings. The van der Waals surface area contributed by atoms with E-state index in [9.17, 15) is 29.1 Å². The fourth-order valence-electron chi connectivity index (χ4n) is 6.76. The number of aliphatic carboxylic acids is 1. The predicted octanol–water partition coefficient (Wildman–Crippen LogP) is 4.63. The molecular weight excluding hydrogens is 614 g/mol. The number of carbonyl (C=O) groups is 5. The van der Waals surface area contributed by atoms with E-state index in [1.54, 1.807) is 12.1 Å². The fourth-order valence-corrected chi connectivity index (χ4v) is 6.76. The zero-order valence-corrected chi connectivity index (χ0v) is 27.6. The van der Waals surface area contributed by atoms with Gasteiger partial charge < -0.3 is 25.4 Å². The number of carbonyl (C=O) groups excluding carboxylic acids is 4. The van der Waals surface area contributed by atoms with E-state index in [-0.39, 0.29) is 36.9 Å². The summed E-state index contributed by atoms with van der Waals surface area (Å²) >= 11 is 0. The van der Waals surface area contributed by atoms with Gasteiger partial charge in [-0.25, -0.2) is 9.78 Å². The van der Waals surface area contributed by atoms with Crippen molar-refractivity contribution in [2.75, 3.05) is 13.1 Å². The topological polar surface area (TPSA) is 168 Å². The van der Waals surface area contributed by atoms with Gasteiger partial charge in [-0.3, -0.25) is 24.2 Å². The lowest BCUT2D eigenvalue weighted by Crippen LogP contribution is -2.51. The molecule has 2 fully saturated rings. The van der Waals surface area contributed by atoms with Gasteiger partial charge in [-0.1, -0.05) is 76.4 Å². The summed E-state index contributed by atoms with van der Waals surface area (Å²) in [6.45, 7) is 5.30. The molecule has 0 spiro atoms. The molecular formula is C36H43N5O7. The maximum atomic E-state index is 14.0. The van der Waals surface area contributed by atoms with Crippen LogP contribution in [0.25, 0.3) is 10.8 Å². The molecule has 2 aliphatic rings. The fraction of sp³-hybridized carbons (Fsp3) is 0.472. The molecule has 5 rings (SSSR count). The Labute approximate surface area is 279 Å². The number of aromatic nitrogens is 2. The molecule has 254 valence electrons. The molecule has 1 aromatic heterocycles. The first kappa shape index (κ1) is 34.5. The SMILES string of the molecule is CC(C)(C)[C@H](CC(=O)[C@@H](NC(=O)c1cnccn1)C1CCCCC1)C(=O)N[C@H]1CN(C(=O)Oc2cccc3ccccc23)C[C@H]1C(=O)O. The molecule has 0 bridgehead atoms. The normalized spacial score (nSPS) is 19.7. The Kier molecular flexibility index (Phi) is 10.7. The molecule has 1 aliphatic carbocycles. The summed E-state index contributed by atoms with van der Waals surface area (Å²) in [5, 5.41) is 17.4. The van der Waals surface area contributed by atoms with Gasteiger partial charge >= 0.3 is 12.1 Å². The molecule has 2 aromatic carbocycles. The lowest BCUT2D eigenvalue weighted by Gasteiger charge is -2.34. The first-order chi connectivity index (χ1) is 22.9. The van der Waals surface area contributed by atoms with Crippen molar-refractivity contribution in [2.24, 2.45) is 23.2 Å². The molecule has 1 saturated heterocycles. The van der Waals surface area contributed by atoms with E-state index in [4.69, 9.17) is 4.74 Å². The average Bonchev–Trinajstić information content (AvgIpc) is 3.50. The molecule has 1 saturated carbocycles. The number of ether oxygens (including phenoxy) is 1. The lowest BCUT2D eigenvalue weighted by molar-refractivity contribution is -0.142. The smallest absolute Gasteiger partial charge is 0.415 e. The summed E-state index contributed by atoms with van der Waals surface area (Å²) in [5.41, 5.74) is -0.587. The van der Waals surface area contributed by atoms with Crippen LogP contribution in [0.5, 0.6) is 5.75 Å². The van der Waals surface area contributed by atoms with E-state index in [1.165, 1.54) is 23.5 Å². The molecule has 4 atom stereocenters. The number of fused-ring (bicyclic) bond motifs is 1. The van der Waals surface area contributed by atoms with Gasteiger partial charge in [0.1, 0.15) is 11.4 Å². The summed E-state index contributed by atoms with van der Waals surface area (Å²) in [6.07, 6.45) is 7.82. The van der Waals surface area contributed by atoms with Crippen molar-refractivity contribution < 1.29 is 33.8 Å². The van der Waals surface area contributed by atoms with Crippen LogP contribution in [0.1, 0.15) is 69.8 Å². The highest BCUT2D eigenvalue weighted by Gasteiger charge is 2.44. The van der Waals surface area contributed by atoms with Crippen molar-refractivity contribution in [3.63, 3.8) is 0 Å². The molecule has 3 amide bonds. The van der Waals surface area contributed by atoms with Crippen molar-refractivity contribution in [3.8, 4) is 5.75 Å². The van der Waals surface area contributed by atoms with Crippen molar-refractivity contribution in [1.82, 2.24) is 25.5 Å². The molecule has 0 unspecified atom stereocenters. The van der Waals surface area contributed by atoms with E-state index in [1.807, 2.05) is 51.1 Å². The van der Waals surface area contributed by atoms with E-state index < -0.39 is 53.2 Å². The number of rotatable bonds is 10. The maximum Gasteiger partial charge on any atom is 0.415 e. The second kappa shape index (κ2) is 14.9. The zero-order valence-electron chi connectivity index (χ0n) is 27.6. The van der Waals surface area contributed by atoms with E-state index in [0.717, 1.165) is 42.9 Å². The highest BCUT2D eigenvalue weighted by Crippen LogP contribution is 2.34. The molecule has 1 aliphatic heterocycles. The number of Topliss-reactive ketones (excluding diaryl/α,β-unsaturated/α-hetero) is 1. The van der Waals surface area contributed by atoms with Crippen LogP contribution in [0.2, 0.25) is 0 Å². The summed E-state index contributed by atoms with van der Waals surface area (Å²) in [5.74, 6) is -4.06. The summed E-state index contributed by atoms with van der Waals surface area (Å²) in [6, 6.07) is 11.1. The third kappa shape index (κ3) is 8.15. The van der Waals surface area contributed by atoms with Crippen LogP contribution < -0.4 is 15.4 Å². The highest BCUT2D eigenvalue weighted by molar-refractivity contribution is 5.98. The van der Waals surface area contributed by atoms with Crippen LogP contribution in [0.3, 0.4) is 0 Å². The molecule has 12 heteroatoms. The van der Waals surface area contributed by atoms with Crippen LogP contribution in [0.15, 0.2) is 61.1 Å². The number of likely N-dealkylation sites (tertiary alicyclic amines) is 1. The van der Waals surface area contributed by atoms with Gasteiger partial charge in [-0.05, 0) is 35.6 Å². The van der Waals surface area contributed by atoms with Crippen LogP contribution in [0, 0.1) is 23.2 Å². The van der Waals surface area contributed by atoms with E-state index in [0.29, 0.717) is 5.75 Å². The quantitative estimate of drug-likeness (QED) is 0.282. The number of amides is 3. The number of carboxylic acid groups (broad SMARTS) is 1. The van der Waals surface area contributed by atoms with Crippen molar-refractivity contribution in [3.05, 3.63) is 66.7 Å². The molecule has 12 nitrogen and oxygen atoms in total. The van der Waals surface area contributed by atoms with Crippen molar-refractivity contribution in [1.29, 1.82) is 0 Å². The van der Waals surface area contributed by atoms with Crippen LogP contribution in [-0.2, 0) is 14.4 Å². The first-order valence-electron chi connectivity index (χ1n) is 16.5. The average molecular weight is 658 g/mol. The van der Waals surface area contributed by atoms with Gasteiger partial charge in [0.15, 0.2) is 5.78 Å². The second-order valence-corrected chi connectivity index (χ2v) is 13.8. The number of ketones is 1. The minimum Gasteiger partial charge on any atom is -0.481 e. The van der Waals surface area contributed by atoms with E-state index >= 15 is 0 Å². The Hall–Kier alpha value is -4.87. The van der Waals surface area contributed by atoms with Gasteiger partial charge in [0.25, 0.3) is 5.91 Å². The van der Waals surface area contributed by atoms with Crippen LogP contribution >= 0.6 is 0 Å². The maximum absolute atomic E-state index is 14.0. The van der Waals surface area contributed by atoms with Crippen LogP contribution in [-0.4, -0.2) is 74.8 Å². The standard InChI is InChI=1S/C36H43N5O7/c1-36(2,3)26(18-29(42)31(23-11-5-4-6-12-23)40-33(44)27-19-37-16-17-38-27)32(43)39-28-21-41(20-25(28)34(45)46)35(47)48-30-15-9-13-22-10-7-8-14-24(22)30/h7-10,13-17,19,23,25-26,28,31H,4-6,11-12,18,20-21H2,1-3H3,(H,39,43)(H,40,44)(H,45,46)/t25-,26-,28+,31+/m1/s1. The van der Waals surface area contributed by atoms with Gasteiger partial charge in [0.2, 0.25) is 5.91 Å². The van der Waals surface area contributed by atoms with Gasteiger partial charge in [0, 0.05) is 43.2 Å². The number of benzene rings is 2. The third-order valence-corrected chi connectivity index (χ3v) is 9.49. The minimum atomic E-state index is -1.16. The Morgan fingerprint density at radius 3 is 2.40 bits per heavy atom. The molecule has 0 radical (unpaired) electrons. The number of nitrogens with zero attached hydrogens (tertiary/aromatic N) is 3. The molecule has 2 heterocycles. The van der Waals surface area contributed by atoms with E-state index in [2.05, 4.69) is 20.6 Å². The van der Waals surface area contributed by atoms with Crippen molar-refractivity contribution >= 4 is 40.4 Å². The summed E-state index contributed by atoms with van der Waals surface area (Å²) in [4.78, 5) is 75.8. The lowest BCUT2D eigenvalue weighted by atomic mass is 9.74. The van der Waals surface area contributed by atoms with Gasteiger partial charge in [0.05, 0.1) is 24.2 Å². The second-order valence-electron chi connectivity index (χ2n) is 13.8. The number of hydrogen-bond acceptors (Lipinski definition) is 8. The number of hydrogen-bond donors (Lipinski definition) is 3. The molecule has 3 N–H and O–H groups in total. The monoisotopic (exact) mass is 657 g/mol. The predicted molar refractivity (Wildman–Crippen MR) is 177 cm³/mol. The highest BCUT2D eigenvalue weighted by atomic mass is 16.6.